The first-order valence-electron chi connectivity index (χ1n) is 13.7. The molecule has 0 bridgehead atoms. The Balaban J connectivity index is 1.90. The van der Waals surface area contributed by atoms with E-state index in [9.17, 15) is 0 Å². The minimum Gasteiger partial charge on any atom is -0.497 e. The third-order valence-electron chi connectivity index (χ3n) is 7.19. The van der Waals surface area contributed by atoms with Crippen molar-refractivity contribution in [3.63, 3.8) is 0 Å². The van der Waals surface area contributed by atoms with Gasteiger partial charge in [-0.15, -0.1) is 0 Å². The van der Waals surface area contributed by atoms with Crippen molar-refractivity contribution in [2.24, 2.45) is 5.92 Å². The zero-order valence-corrected chi connectivity index (χ0v) is 23.8. The molecule has 0 radical (unpaired) electrons. The van der Waals surface area contributed by atoms with Crippen LogP contribution in [0.3, 0.4) is 0 Å². The molecule has 0 aliphatic rings. The molecule has 0 aliphatic heterocycles. The van der Waals surface area contributed by atoms with E-state index in [2.05, 4.69) is 59.2 Å². The summed E-state index contributed by atoms with van der Waals surface area (Å²) in [7, 11) is 7.28. The second-order valence-electron chi connectivity index (χ2n) is 9.68. The number of benzene rings is 4. The Labute approximate surface area is 238 Å². The molecule has 40 heavy (non-hydrogen) atoms. The summed E-state index contributed by atoms with van der Waals surface area (Å²) in [5.41, 5.74) is 1.37. The van der Waals surface area contributed by atoms with Crippen LogP contribution in [0, 0.1) is 5.92 Å². The summed E-state index contributed by atoms with van der Waals surface area (Å²) in [4.78, 5) is 0. The van der Waals surface area contributed by atoms with E-state index in [1.165, 1.54) is 0 Å². The van der Waals surface area contributed by atoms with Crippen LogP contribution in [0.4, 0.5) is 0 Å². The lowest BCUT2D eigenvalue weighted by molar-refractivity contribution is -0.0550. The molecule has 0 fully saturated rings. The monoisotopic (exact) mass is 540 g/mol. The van der Waals surface area contributed by atoms with Gasteiger partial charge in [0.1, 0.15) is 34.7 Å². The lowest BCUT2D eigenvalue weighted by Crippen LogP contribution is -2.50. The molecular weight excluding hydrogens is 500 g/mol. The lowest BCUT2D eigenvalue weighted by atomic mass is 9.73. The molecule has 0 saturated heterocycles. The summed E-state index contributed by atoms with van der Waals surface area (Å²) in [5.74, 6) is 2.87. The van der Waals surface area contributed by atoms with E-state index in [1.54, 1.807) is 14.2 Å². The molecule has 3 atom stereocenters. The van der Waals surface area contributed by atoms with Crippen LogP contribution in [0.15, 0.2) is 109 Å². The van der Waals surface area contributed by atoms with Gasteiger partial charge in [-0.1, -0.05) is 66.7 Å². The van der Waals surface area contributed by atoms with Crippen molar-refractivity contribution in [1.29, 1.82) is 0 Å². The number of rotatable bonds is 15. The average molecular weight is 541 g/mol. The quantitative estimate of drug-likeness (QED) is 0.186. The molecule has 0 amide bonds. The molecule has 4 rings (SSSR count). The fourth-order valence-corrected chi connectivity index (χ4v) is 5.20. The van der Waals surface area contributed by atoms with Crippen molar-refractivity contribution >= 4 is 0 Å². The molecule has 6 heteroatoms. The van der Waals surface area contributed by atoms with Crippen molar-refractivity contribution < 1.29 is 18.9 Å². The SMILES string of the molecule is CNCCC(Oc1cccc(OC)c1)(c1ccccc1)C(CNC)C(Oc1ccc(OC)cc1)c1ccccc1. The number of ether oxygens (including phenoxy) is 4. The summed E-state index contributed by atoms with van der Waals surface area (Å²) < 4.78 is 25.0. The highest BCUT2D eigenvalue weighted by atomic mass is 16.5. The first-order valence-corrected chi connectivity index (χ1v) is 13.7. The molecule has 0 spiro atoms. The smallest absolute Gasteiger partial charge is 0.143 e. The van der Waals surface area contributed by atoms with Crippen LogP contribution < -0.4 is 29.6 Å². The summed E-state index contributed by atoms with van der Waals surface area (Å²) in [6, 6.07) is 36.4. The van der Waals surface area contributed by atoms with Crippen molar-refractivity contribution in [3.8, 4) is 23.0 Å². The fourth-order valence-electron chi connectivity index (χ4n) is 5.20. The van der Waals surface area contributed by atoms with E-state index in [1.807, 2.05) is 74.8 Å². The fraction of sp³-hybridized carbons (Fsp3) is 0.294. The maximum Gasteiger partial charge on any atom is 0.143 e. The molecule has 6 nitrogen and oxygen atoms in total. The van der Waals surface area contributed by atoms with Gasteiger partial charge in [-0.3, -0.25) is 0 Å². The topological polar surface area (TPSA) is 61.0 Å². The van der Waals surface area contributed by atoms with Crippen LogP contribution in [0.1, 0.15) is 23.7 Å². The first kappa shape index (κ1) is 29.0. The largest absolute Gasteiger partial charge is 0.497 e. The van der Waals surface area contributed by atoms with Gasteiger partial charge < -0.3 is 29.6 Å². The van der Waals surface area contributed by atoms with Crippen LogP contribution >= 0.6 is 0 Å². The molecule has 0 aromatic heterocycles. The second kappa shape index (κ2) is 14.4. The van der Waals surface area contributed by atoms with Gasteiger partial charge in [-0.25, -0.2) is 0 Å². The predicted molar refractivity (Wildman–Crippen MR) is 161 cm³/mol. The maximum absolute atomic E-state index is 7.16. The first-order chi connectivity index (χ1) is 19.6. The maximum atomic E-state index is 7.16. The van der Waals surface area contributed by atoms with Gasteiger partial charge in [-0.2, -0.15) is 0 Å². The zero-order chi connectivity index (χ0) is 28.2. The Morgan fingerprint density at radius 2 is 1.27 bits per heavy atom. The molecule has 0 heterocycles. The van der Waals surface area contributed by atoms with Crippen LogP contribution in [0.5, 0.6) is 23.0 Å². The van der Waals surface area contributed by atoms with Crippen molar-refractivity contribution in [3.05, 3.63) is 120 Å². The van der Waals surface area contributed by atoms with Crippen LogP contribution in [-0.4, -0.2) is 41.4 Å². The van der Waals surface area contributed by atoms with Crippen LogP contribution in [0.2, 0.25) is 0 Å². The zero-order valence-electron chi connectivity index (χ0n) is 23.8. The van der Waals surface area contributed by atoms with Gasteiger partial charge in [0.15, 0.2) is 0 Å². The Hall–Kier alpha value is -4.00. The van der Waals surface area contributed by atoms with Gasteiger partial charge in [-0.05, 0) is 68.2 Å². The van der Waals surface area contributed by atoms with E-state index >= 15 is 0 Å². The van der Waals surface area contributed by atoms with Gasteiger partial charge in [0.2, 0.25) is 0 Å². The van der Waals surface area contributed by atoms with Gasteiger partial charge in [0.25, 0.3) is 0 Å². The lowest BCUT2D eigenvalue weighted by Gasteiger charge is -2.45. The predicted octanol–water partition coefficient (Wildman–Crippen LogP) is 6.24. The minimum atomic E-state index is -0.771. The summed E-state index contributed by atoms with van der Waals surface area (Å²) in [5, 5.41) is 6.82. The number of hydrogen-bond acceptors (Lipinski definition) is 6. The van der Waals surface area contributed by atoms with Crippen LogP contribution in [-0.2, 0) is 5.60 Å². The van der Waals surface area contributed by atoms with Gasteiger partial charge >= 0.3 is 0 Å². The molecule has 2 N–H and O–H groups in total. The average Bonchev–Trinajstić information content (AvgIpc) is 3.02. The number of methoxy groups -OCH3 is 2. The molecular formula is C34H40N2O4. The second-order valence-corrected chi connectivity index (χ2v) is 9.68. The third-order valence-corrected chi connectivity index (χ3v) is 7.19. The van der Waals surface area contributed by atoms with E-state index in [4.69, 9.17) is 18.9 Å². The van der Waals surface area contributed by atoms with Crippen LogP contribution in [0.25, 0.3) is 0 Å². The van der Waals surface area contributed by atoms with Crippen molar-refractivity contribution in [1.82, 2.24) is 10.6 Å². The molecule has 3 unspecified atom stereocenters. The molecule has 4 aromatic carbocycles. The van der Waals surface area contributed by atoms with E-state index < -0.39 is 5.60 Å². The normalized spacial score (nSPS) is 14.0. The van der Waals surface area contributed by atoms with Gasteiger partial charge in [0, 0.05) is 19.0 Å². The van der Waals surface area contributed by atoms with Crippen molar-refractivity contribution in [2.75, 3.05) is 41.4 Å². The Morgan fingerprint density at radius 3 is 1.90 bits per heavy atom. The highest BCUT2D eigenvalue weighted by Crippen LogP contribution is 2.46. The Bertz CT molecular complexity index is 1280. The summed E-state index contributed by atoms with van der Waals surface area (Å²) in [6.45, 7) is 1.38. The third kappa shape index (κ3) is 6.95. The van der Waals surface area contributed by atoms with E-state index in [0.29, 0.717) is 13.0 Å². The molecule has 0 saturated carbocycles. The van der Waals surface area contributed by atoms with E-state index in [0.717, 1.165) is 40.7 Å². The highest BCUT2D eigenvalue weighted by Gasteiger charge is 2.47. The summed E-state index contributed by atoms with van der Waals surface area (Å²) in [6.07, 6.45) is 0.358. The van der Waals surface area contributed by atoms with E-state index in [-0.39, 0.29) is 12.0 Å². The number of nitrogens with one attached hydrogen (secondary N) is 2. The Morgan fingerprint density at radius 1 is 0.650 bits per heavy atom. The minimum absolute atomic E-state index is 0.149. The molecule has 4 aromatic rings. The Kier molecular flexibility index (Phi) is 10.4. The molecule has 210 valence electrons. The van der Waals surface area contributed by atoms with Gasteiger partial charge in [0.05, 0.1) is 20.1 Å². The highest BCUT2D eigenvalue weighted by molar-refractivity contribution is 5.37. The molecule has 0 aliphatic carbocycles. The standard InChI is InChI=1S/C34H40N2O4/c1-35-23-22-34(27-14-9-6-10-15-27,40-31-17-11-16-30(24-31)38-4)32(25-36-2)33(26-12-7-5-8-13-26)39-29-20-18-28(37-3)19-21-29/h5-21,24,32-33,35-36H,22-23,25H2,1-4H3. The van der Waals surface area contributed by atoms with Crippen molar-refractivity contribution in [2.45, 2.75) is 18.1 Å². The summed E-state index contributed by atoms with van der Waals surface area (Å²) >= 11 is 0. The number of hydrogen-bond donors (Lipinski definition) is 2.